The molecule has 0 N–H and O–H groups in total. The Hall–Kier alpha value is -2.24. The highest BCUT2D eigenvalue weighted by Gasteiger charge is 2.80. The molecule has 1 aliphatic carbocycles. The van der Waals surface area contributed by atoms with E-state index in [0.717, 1.165) is 0 Å². The molecule has 0 aromatic heterocycles. The second kappa shape index (κ2) is 3.63. The summed E-state index contributed by atoms with van der Waals surface area (Å²) in [5.74, 6) is -0.585. The van der Waals surface area contributed by atoms with Crippen LogP contribution in [0.2, 0.25) is 0 Å². The Bertz CT molecular complexity index is 598. The molecule has 19 heavy (non-hydrogen) atoms. The van der Waals surface area contributed by atoms with E-state index in [1.807, 2.05) is 6.07 Å². The van der Waals surface area contributed by atoms with Crippen molar-refractivity contribution in [2.75, 3.05) is 5.01 Å². The van der Waals surface area contributed by atoms with Gasteiger partial charge < -0.3 is 0 Å². The van der Waals surface area contributed by atoms with Gasteiger partial charge >= 0.3 is 0 Å². The van der Waals surface area contributed by atoms with E-state index in [1.165, 1.54) is 5.01 Å². The Labute approximate surface area is 109 Å². The lowest BCUT2D eigenvalue weighted by Crippen LogP contribution is -2.33. The molecule has 2 aliphatic rings. The highest BCUT2D eigenvalue weighted by atomic mass is 16.6. The van der Waals surface area contributed by atoms with Crippen LogP contribution >= 0.6 is 0 Å². The maximum atomic E-state index is 12.5. The van der Waals surface area contributed by atoms with E-state index in [2.05, 4.69) is 5.10 Å². The predicted molar refractivity (Wildman–Crippen MR) is 69.4 cm³/mol. The normalized spacial score (nSPS) is 32.6. The molecule has 0 bridgehead atoms. The number of nitrogens with zero attached hydrogens (tertiary/aromatic N) is 3. The molecule has 1 amide bonds. The van der Waals surface area contributed by atoms with Crippen molar-refractivity contribution < 1.29 is 9.72 Å². The molecule has 3 rings (SSSR count). The number of rotatable bonds is 2. The van der Waals surface area contributed by atoms with E-state index in [9.17, 15) is 14.9 Å². The van der Waals surface area contributed by atoms with Gasteiger partial charge in [-0.25, -0.2) is 0 Å². The quantitative estimate of drug-likeness (QED) is 0.599. The molecule has 1 aliphatic heterocycles. The van der Waals surface area contributed by atoms with Crippen LogP contribution in [0.15, 0.2) is 35.4 Å². The van der Waals surface area contributed by atoms with Gasteiger partial charge in [0.2, 0.25) is 6.04 Å². The zero-order valence-electron chi connectivity index (χ0n) is 10.6. The Morgan fingerprint density at radius 1 is 1.37 bits per heavy atom. The van der Waals surface area contributed by atoms with Gasteiger partial charge in [0.05, 0.1) is 17.3 Å². The second-order valence-corrected chi connectivity index (χ2v) is 5.03. The number of hydrazone groups is 1. The number of amides is 1. The van der Waals surface area contributed by atoms with Gasteiger partial charge in [0.25, 0.3) is 5.91 Å². The number of para-hydroxylation sites is 1. The van der Waals surface area contributed by atoms with Crippen LogP contribution in [0.5, 0.6) is 0 Å². The molecule has 1 spiro atoms. The standard InChI is InChI=1S/C13H13N3O3/c1-8-11(16(18)19)13(8)9(2)14-15(12(13)17)10-6-4-3-5-7-10/h3-8,11H,1-2H3/t8-,11+,13+/m0/s1. The van der Waals surface area contributed by atoms with E-state index >= 15 is 0 Å². The van der Waals surface area contributed by atoms with Gasteiger partial charge in [-0.2, -0.15) is 10.1 Å². The number of carbonyl (C=O) groups is 1. The third kappa shape index (κ3) is 1.31. The first-order valence-corrected chi connectivity index (χ1v) is 6.10. The van der Waals surface area contributed by atoms with Gasteiger partial charge in [0.15, 0.2) is 5.41 Å². The Morgan fingerprint density at radius 3 is 2.53 bits per heavy atom. The SMILES string of the molecule is CC1=NN(c2ccccc2)C(=O)[C@]12[C@@H](C)[C@H]2[N+](=O)[O-]. The van der Waals surface area contributed by atoms with Crippen molar-refractivity contribution in [1.29, 1.82) is 0 Å². The van der Waals surface area contributed by atoms with Crippen LogP contribution in [0.4, 0.5) is 5.69 Å². The predicted octanol–water partition coefficient (Wildman–Crippen LogP) is 1.69. The van der Waals surface area contributed by atoms with Crippen molar-refractivity contribution in [3.05, 3.63) is 40.4 Å². The third-order valence-corrected chi connectivity index (χ3v) is 4.17. The first kappa shape index (κ1) is 11.8. The number of hydrogen-bond acceptors (Lipinski definition) is 4. The summed E-state index contributed by atoms with van der Waals surface area (Å²) < 4.78 is 0. The van der Waals surface area contributed by atoms with E-state index in [0.29, 0.717) is 11.4 Å². The average molecular weight is 259 g/mol. The monoisotopic (exact) mass is 259 g/mol. The van der Waals surface area contributed by atoms with Gasteiger partial charge in [-0.1, -0.05) is 25.1 Å². The molecule has 0 radical (unpaired) electrons. The summed E-state index contributed by atoms with van der Waals surface area (Å²) in [6, 6.07) is 8.14. The molecule has 0 unspecified atom stereocenters. The van der Waals surface area contributed by atoms with Crippen LogP contribution in [-0.2, 0) is 4.79 Å². The van der Waals surface area contributed by atoms with Gasteiger partial charge in [-0.15, -0.1) is 0 Å². The van der Waals surface area contributed by atoms with Gasteiger partial charge in [-0.3, -0.25) is 14.9 Å². The lowest BCUT2D eigenvalue weighted by Gasteiger charge is -2.13. The number of hydrogen-bond donors (Lipinski definition) is 0. The summed E-state index contributed by atoms with van der Waals surface area (Å²) in [6.45, 7) is 3.43. The summed E-state index contributed by atoms with van der Waals surface area (Å²) >= 11 is 0. The number of carbonyl (C=O) groups excluding carboxylic acids is 1. The minimum absolute atomic E-state index is 0.287. The zero-order valence-corrected chi connectivity index (χ0v) is 10.6. The van der Waals surface area contributed by atoms with Crippen molar-refractivity contribution in [2.45, 2.75) is 19.9 Å². The Balaban J connectivity index is 2.00. The van der Waals surface area contributed by atoms with Gasteiger partial charge in [0.1, 0.15) is 0 Å². The first-order chi connectivity index (χ1) is 9.01. The van der Waals surface area contributed by atoms with Gasteiger partial charge in [-0.05, 0) is 19.1 Å². The molecule has 6 heteroatoms. The lowest BCUT2D eigenvalue weighted by atomic mass is 9.98. The number of nitro groups is 1. The molecular formula is C13H13N3O3. The summed E-state index contributed by atoms with van der Waals surface area (Å²) in [5, 5.41) is 16.6. The molecule has 1 fully saturated rings. The molecule has 1 heterocycles. The van der Waals surface area contributed by atoms with Crippen LogP contribution in [0, 0.1) is 21.4 Å². The smallest absolute Gasteiger partial charge is 0.266 e. The topological polar surface area (TPSA) is 75.8 Å². The van der Waals surface area contributed by atoms with E-state index < -0.39 is 11.5 Å². The highest BCUT2D eigenvalue weighted by Crippen LogP contribution is 2.59. The molecule has 3 atom stereocenters. The van der Waals surface area contributed by atoms with E-state index in [4.69, 9.17) is 0 Å². The van der Waals surface area contributed by atoms with Crippen LogP contribution in [0.1, 0.15) is 13.8 Å². The van der Waals surface area contributed by atoms with Crippen LogP contribution in [-0.4, -0.2) is 22.6 Å². The largest absolute Gasteiger partial charge is 0.271 e. The molecular weight excluding hydrogens is 246 g/mol. The molecule has 1 aromatic carbocycles. The maximum absolute atomic E-state index is 12.5. The summed E-state index contributed by atoms with van der Waals surface area (Å²) in [5.41, 5.74) is 0.153. The molecule has 1 saturated carbocycles. The fraction of sp³-hybridized carbons (Fsp3) is 0.385. The summed E-state index contributed by atoms with van der Waals surface area (Å²) in [4.78, 5) is 23.2. The zero-order chi connectivity index (χ0) is 13.8. The number of anilines is 1. The summed E-state index contributed by atoms with van der Waals surface area (Å²) in [7, 11) is 0. The molecule has 6 nitrogen and oxygen atoms in total. The van der Waals surface area contributed by atoms with E-state index in [-0.39, 0.29) is 16.7 Å². The van der Waals surface area contributed by atoms with Crippen molar-refractivity contribution in [1.82, 2.24) is 0 Å². The first-order valence-electron chi connectivity index (χ1n) is 6.10. The van der Waals surface area contributed by atoms with Crippen molar-refractivity contribution in [2.24, 2.45) is 16.4 Å². The lowest BCUT2D eigenvalue weighted by molar-refractivity contribution is -0.501. The Morgan fingerprint density at radius 2 is 2.00 bits per heavy atom. The fourth-order valence-corrected chi connectivity index (χ4v) is 3.10. The van der Waals surface area contributed by atoms with Gasteiger partial charge in [0, 0.05) is 4.92 Å². The molecule has 0 saturated heterocycles. The van der Waals surface area contributed by atoms with Crippen LogP contribution in [0.25, 0.3) is 0 Å². The molecule has 1 aromatic rings. The van der Waals surface area contributed by atoms with Crippen molar-refractivity contribution in [3.8, 4) is 0 Å². The van der Waals surface area contributed by atoms with E-state index in [1.54, 1.807) is 38.1 Å². The fourth-order valence-electron chi connectivity index (χ4n) is 3.10. The minimum Gasteiger partial charge on any atom is -0.271 e. The summed E-state index contributed by atoms with van der Waals surface area (Å²) in [6.07, 6.45) is 0. The van der Waals surface area contributed by atoms with Crippen LogP contribution in [0.3, 0.4) is 0 Å². The van der Waals surface area contributed by atoms with Crippen molar-refractivity contribution in [3.63, 3.8) is 0 Å². The van der Waals surface area contributed by atoms with Crippen molar-refractivity contribution >= 4 is 17.3 Å². The average Bonchev–Trinajstić information content (AvgIpc) is 2.95. The highest BCUT2D eigenvalue weighted by molar-refractivity contribution is 6.21. The number of benzene rings is 1. The second-order valence-electron chi connectivity index (χ2n) is 5.03. The molecule has 98 valence electrons. The third-order valence-electron chi connectivity index (χ3n) is 4.17. The van der Waals surface area contributed by atoms with Crippen LogP contribution < -0.4 is 5.01 Å². The Kier molecular flexibility index (Phi) is 2.26. The minimum atomic E-state index is -1.03. The maximum Gasteiger partial charge on any atom is 0.266 e.